The molecule has 1 aromatic carbocycles. The molecule has 0 bridgehead atoms. The molecule has 0 saturated carbocycles. The zero-order valence-electron chi connectivity index (χ0n) is 8.33. The highest BCUT2D eigenvalue weighted by molar-refractivity contribution is 5.75. The van der Waals surface area contributed by atoms with Crippen LogP contribution < -0.4 is 0 Å². The average Bonchev–Trinajstić information content (AvgIpc) is 2.19. The number of phenols is 1. The van der Waals surface area contributed by atoms with Gasteiger partial charge in [0.15, 0.2) is 0 Å². The van der Waals surface area contributed by atoms with Crippen molar-refractivity contribution >= 4 is 5.57 Å². The molecule has 0 aliphatic carbocycles. The zero-order chi connectivity index (χ0) is 10.6. The molecule has 0 spiro atoms. The first-order valence-corrected chi connectivity index (χ1v) is 4.44. The fourth-order valence-electron chi connectivity index (χ4n) is 1.24. The first kappa shape index (κ1) is 10.3. The van der Waals surface area contributed by atoms with E-state index in [2.05, 4.69) is 13.2 Å². The molecule has 1 rings (SSSR count). The molecule has 0 aromatic heterocycles. The zero-order valence-corrected chi connectivity index (χ0v) is 8.33. The van der Waals surface area contributed by atoms with Gasteiger partial charge in [0.2, 0.25) is 0 Å². The third-order valence-electron chi connectivity index (χ3n) is 2.05. The van der Waals surface area contributed by atoms with Gasteiger partial charge < -0.3 is 5.11 Å². The van der Waals surface area contributed by atoms with Crippen molar-refractivity contribution in [2.75, 3.05) is 0 Å². The molecule has 0 heterocycles. The van der Waals surface area contributed by atoms with Crippen LogP contribution in [0, 0.1) is 6.92 Å². The van der Waals surface area contributed by atoms with E-state index in [0.717, 1.165) is 16.7 Å². The van der Waals surface area contributed by atoms with Gasteiger partial charge in [-0.15, -0.1) is 0 Å². The van der Waals surface area contributed by atoms with Gasteiger partial charge in [-0.1, -0.05) is 37.5 Å². The lowest BCUT2D eigenvalue weighted by Gasteiger charge is -2.04. The van der Waals surface area contributed by atoms with Gasteiger partial charge in [-0.3, -0.25) is 0 Å². The molecule has 0 unspecified atom stereocenters. The molecule has 0 aliphatic heterocycles. The average molecular weight is 186 g/mol. The van der Waals surface area contributed by atoms with E-state index in [9.17, 15) is 5.11 Å². The maximum absolute atomic E-state index is 9.36. The van der Waals surface area contributed by atoms with Gasteiger partial charge in [0, 0.05) is 0 Å². The third-order valence-corrected chi connectivity index (χ3v) is 2.05. The Hall–Kier alpha value is -1.76. The molecule has 0 amide bonds. The van der Waals surface area contributed by atoms with Crippen LogP contribution in [0.2, 0.25) is 0 Å². The van der Waals surface area contributed by atoms with E-state index in [1.165, 1.54) is 0 Å². The Balaban J connectivity index is 3.18. The van der Waals surface area contributed by atoms with Crippen LogP contribution >= 0.6 is 0 Å². The van der Waals surface area contributed by atoms with Crippen LogP contribution in [-0.4, -0.2) is 5.11 Å². The largest absolute Gasteiger partial charge is 0.508 e. The topological polar surface area (TPSA) is 20.2 Å². The summed E-state index contributed by atoms with van der Waals surface area (Å²) in [6.07, 6.45) is 5.38. The van der Waals surface area contributed by atoms with E-state index in [4.69, 9.17) is 0 Å². The highest BCUT2D eigenvalue weighted by Gasteiger charge is 1.99. The van der Waals surface area contributed by atoms with E-state index in [-0.39, 0.29) is 0 Å². The van der Waals surface area contributed by atoms with Crippen molar-refractivity contribution in [1.82, 2.24) is 0 Å². The van der Waals surface area contributed by atoms with Gasteiger partial charge in [-0.2, -0.15) is 0 Å². The SMILES string of the molecule is C=C/C=C(\C=C)c1ccc(O)c(C)c1. The summed E-state index contributed by atoms with van der Waals surface area (Å²) in [5.74, 6) is 0.316. The van der Waals surface area contributed by atoms with Crippen LogP contribution in [0.25, 0.3) is 5.57 Å². The van der Waals surface area contributed by atoms with Crippen molar-refractivity contribution in [3.05, 3.63) is 60.7 Å². The predicted molar refractivity (Wildman–Crippen MR) is 61.2 cm³/mol. The molecule has 1 nitrogen and oxygen atoms in total. The summed E-state index contributed by atoms with van der Waals surface area (Å²) >= 11 is 0. The summed E-state index contributed by atoms with van der Waals surface area (Å²) in [5, 5.41) is 9.36. The van der Waals surface area contributed by atoms with Gasteiger partial charge in [0.05, 0.1) is 0 Å². The molecule has 72 valence electrons. The van der Waals surface area contributed by atoms with E-state index >= 15 is 0 Å². The molecule has 0 radical (unpaired) electrons. The van der Waals surface area contributed by atoms with Gasteiger partial charge in [0.25, 0.3) is 0 Å². The summed E-state index contributed by atoms with van der Waals surface area (Å²) in [6, 6.07) is 5.47. The normalized spacial score (nSPS) is 11.1. The second kappa shape index (κ2) is 4.47. The second-order valence-corrected chi connectivity index (χ2v) is 3.06. The molecule has 1 N–H and O–H groups in total. The fraction of sp³-hybridized carbons (Fsp3) is 0.0769. The van der Waals surface area contributed by atoms with E-state index in [1.54, 1.807) is 18.2 Å². The molecule has 14 heavy (non-hydrogen) atoms. The van der Waals surface area contributed by atoms with Gasteiger partial charge in [-0.05, 0) is 35.8 Å². The number of aromatic hydroxyl groups is 1. The lowest BCUT2D eigenvalue weighted by molar-refractivity contribution is 0.471. The van der Waals surface area contributed by atoms with Crippen molar-refractivity contribution in [3.8, 4) is 5.75 Å². The van der Waals surface area contributed by atoms with Crippen molar-refractivity contribution in [3.63, 3.8) is 0 Å². The molecule has 1 heteroatoms. The van der Waals surface area contributed by atoms with Crippen LogP contribution in [0.3, 0.4) is 0 Å². The number of aryl methyl sites for hydroxylation is 1. The standard InChI is InChI=1S/C13H14O/c1-4-6-11(5-2)12-7-8-13(14)10(3)9-12/h4-9,14H,1-2H2,3H3/b11-6+. The Morgan fingerprint density at radius 2 is 2.07 bits per heavy atom. The summed E-state index contributed by atoms with van der Waals surface area (Å²) in [4.78, 5) is 0. The van der Waals surface area contributed by atoms with Gasteiger partial charge in [0.1, 0.15) is 5.75 Å². The lowest BCUT2D eigenvalue weighted by Crippen LogP contribution is -1.82. The van der Waals surface area contributed by atoms with Crippen molar-refractivity contribution in [1.29, 1.82) is 0 Å². The quantitative estimate of drug-likeness (QED) is 0.717. The lowest BCUT2D eigenvalue weighted by atomic mass is 10.0. The molecule has 1 aromatic rings. The maximum Gasteiger partial charge on any atom is 0.118 e. The van der Waals surface area contributed by atoms with Gasteiger partial charge >= 0.3 is 0 Å². The van der Waals surface area contributed by atoms with Crippen molar-refractivity contribution in [2.45, 2.75) is 6.92 Å². The number of rotatable bonds is 3. The Morgan fingerprint density at radius 3 is 2.57 bits per heavy atom. The molecular formula is C13H14O. The number of hydrogen-bond acceptors (Lipinski definition) is 1. The molecule has 0 fully saturated rings. The Kier molecular flexibility index (Phi) is 3.29. The number of hydrogen-bond donors (Lipinski definition) is 1. The van der Waals surface area contributed by atoms with Crippen LogP contribution in [-0.2, 0) is 0 Å². The van der Waals surface area contributed by atoms with Gasteiger partial charge in [-0.25, -0.2) is 0 Å². The molecule has 0 atom stereocenters. The molecule has 0 saturated heterocycles. The smallest absolute Gasteiger partial charge is 0.118 e. The first-order valence-electron chi connectivity index (χ1n) is 4.44. The highest BCUT2D eigenvalue weighted by Crippen LogP contribution is 2.22. The first-order chi connectivity index (χ1) is 6.69. The number of allylic oxidation sites excluding steroid dienone is 4. The van der Waals surface area contributed by atoms with Crippen LogP contribution in [0.4, 0.5) is 0 Å². The van der Waals surface area contributed by atoms with E-state index in [0.29, 0.717) is 5.75 Å². The van der Waals surface area contributed by atoms with Crippen LogP contribution in [0.15, 0.2) is 49.6 Å². The van der Waals surface area contributed by atoms with Crippen LogP contribution in [0.1, 0.15) is 11.1 Å². The minimum atomic E-state index is 0.316. The van der Waals surface area contributed by atoms with E-state index in [1.807, 2.05) is 25.1 Å². The molecule has 0 aliphatic rings. The Bertz CT molecular complexity index is 386. The summed E-state index contributed by atoms with van der Waals surface area (Å²) in [5.41, 5.74) is 2.90. The molecular weight excluding hydrogens is 172 g/mol. The second-order valence-electron chi connectivity index (χ2n) is 3.06. The maximum atomic E-state index is 9.36. The summed E-state index contributed by atoms with van der Waals surface area (Å²) in [6.45, 7) is 9.24. The van der Waals surface area contributed by atoms with Crippen molar-refractivity contribution < 1.29 is 5.11 Å². The third kappa shape index (κ3) is 2.13. The van der Waals surface area contributed by atoms with Crippen LogP contribution in [0.5, 0.6) is 5.75 Å². The predicted octanol–water partition coefficient (Wildman–Crippen LogP) is 3.46. The minimum Gasteiger partial charge on any atom is -0.508 e. The Labute approximate surface area is 84.7 Å². The minimum absolute atomic E-state index is 0.316. The Morgan fingerprint density at radius 1 is 1.36 bits per heavy atom. The highest BCUT2D eigenvalue weighted by atomic mass is 16.3. The fourth-order valence-corrected chi connectivity index (χ4v) is 1.24. The number of phenolic OH excluding ortho intramolecular Hbond substituents is 1. The van der Waals surface area contributed by atoms with E-state index < -0.39 is 0 Å². The summed E-state index contributed by atoms with van der Waals surface area (Å²) in [7, 11) is 0. The summed E-state index contributed by atoms with van der Waals surface area (Å²) < 4.78 is 0. The van der Waals surface area contributed by atoms with Crippen molar-refractivity contribution in [2.24, 2.45) is 0 Å². The number of benzene rings is 1. The monoisotopic (exact) mass is 186 g/mol.